The van der Waals surface area contributed by atoms with E-state index in [9.17, 15) is 20.0 Å². The van der Waals surface area contributed by atoms with E-state index in [0.29, 0.717) is 4.47 Å². The van der Waals surface area contributed by atoms with Crippen molar-refractivity contribution in [2.75, 3.05) is 13.2 Å². The summed E-state index contributed by atoms with van der Waals surface area (Å²) in [4.78, 5) is 21.8. The number of nitro groups is 1. The van der Waals surface area contributed by atoms with Gasteiger partial charge in [0.2, 0.25) is 5.75 Å². The molecule has 1 aromatic carbocycles. The largest absolute Gasteiger partial charge is 0.476 e. The number of nitro benzene ring substituents is 1. The van der Waals surface area contributed by atoms with Crippen molar-refractivity contribution in [1.29, 1.82) is 0 Å². The Morgan fingerprint density at radius 1 is 1.67 bits per heavy atom. The molecule has 8 heteroatoms. The van der Waals surface area contributed by atoms with E-state index in [-0.39, 0.29) is 23.5 Å². The second kappa shape index (κ2) is 7.61. The average Bonchev–Trinajstić information content (AvgIpc) is 2.42. The van der Waals surface area contributed by atoms with Crippen LogP contribution in [0, 0.1) is 22.5 Å². The number of aliphatic hydroxyl groups is 1. The monoisotopic (exact) mass is 356 g/mol. The summed E-state index contributed by atoms with van der Waals surface area (Å²) in [5.74, 6) is 1.56. The molecule has 7 nitrogen and oxygen atoms in total. The number of rotatable bonds is 6. The molecule has 1 atom stereocenters. The van der Waals surface area contributed by atoms with Gasteiger partial charge >= 0.3 is 5.69 Å². The maximum Gasteiger partial charge on any atom is 0.312 e. The molecule has 1 amide bonds. The highest BCUT2D eigenvalue weighted by molar-refractivity contribution is 9.10. The second-order valence-electron chi connectivity index (χ2n) is 4.05. The van der Waals surface area contributed by atoms with Crippen molar-refractivity contribution >= 4 is 27.5 Å². The van der Waals surface area contributed by atoms with Gasteiger partial charge in [0.05, 0.1) is 17.6 Å². The fourth-order valence-electron chi connectivity index (χ4n) is 1.54. The Morgan fingerprint density at radius 2 is 2.33 bits per heavy atom. The highest BCUT2D eigenvalue weighted by atomic mass is 79.9. The van der Waals surface area contributed by atoms with E-state index in [1.807, 2.05) is 0 Å². The van der Waals surface area contributed by atoms with Gasteiger partial charge in [-0.3, -0.25) is 14.9 Å². The molecule has 1 aromatic rings. The minimum Gasteiger partial charge on any atom is -0.476 e. The number of ether oxygens (including phenoxy) is 1. The zero-order chi connectivity index (χ0) is 16.0. The normalized spacial score (nSPS) is 11.3. The third-order valence-corrected chi connectivity index (χ3v) is 2.90. The van der Waals surface area contributed by atoms with Crippen LogP contribution in [0.15, 0.2) is 16.6 Å². The highest BCUT2D eigenvalue weighted by Gasteiger charge is 2.24. The van der Waals surface area contributed by atoms with E-state index >= 15 is 0 Å². The zero-order valence-corrected chi connectivity index (χ0v) is 12.7. The number of nitrogens with one attached hydrogen (secondary N) is 1. The molecule has 0 aliphatic carbocycles. The van der Waals surface area contributed by atoms with Crippen molar-refractivity contribution in [1.82, 2.24) is 5.32 Å². The Hall–Kier alpha value is -2.11. The number of carbonyl (C=O) groups is 1. The number of carbonyl (C=O) groups excluding carboxylic acids is 1. The van der Waals surface area contributed by atoms with Gasteiger partial charge in [0.1, 0.15) is 0 Å². The van der Waals surface area contributed by atoms with Crippen LogP contribution in [-0.2, 0) is 4.79 Å². The molecule has 21 heavy (non-hydrogen) atoms. The van der Waals surface area contributed by atoms with Gasteiger partial charge in [0.15, 0.2) is 6.61 Å². The zero-order valence-electron chi connectivity index (χ0n) is 11.1. The van der Waals surface area contributed by atoms with E-state index in [4.69, 9.17) is 11.2 Å². The van der Waals surface area contributed by atoms with Crippen molar-refractivity contribution < 1.29 is 19.6 Å². The third-order valence-electron chi connectivity index (χ3n) is 2.44. The number of hydrogen-bond acceptors (Lipinski definition) is 5. The van der Waals surface area contributed by atoms with Crippen molar-refractivity contribution in [2.45, 2.75) is 13.0 Å². The fraction of sp³-hybridized carbons (Fsp3) is 0.308. The van der Waals surface area contributed by atoms with Crippen LogP contribution in [0.1, 0.15) is 18.6 Å². The van der Waals surface area contributed by atoms with Gasteiger partial charge in [-0.05, 0) is 13.0 Å². The molecule has 0 aromatic heterocycles. The van der Waals surface area contributed by atoms with Crippen molar-refractivity contribution in [3.05, 3.63) is 32.3 Å². The van der Waals surface area contributed by atoms with Gasteiger partial charge in [-0.15, -0.1) is 6.42 Å². The SMILES string of the molecule is C#CCNC(=O)COc1c(C(C)O)cc(Br)cc1[N+](=O)[O-]. The number of terminal acetylenes is 1. The molecule has 0 aliphatic rings. The molecule has 1 unspecified atom stereocenters. The summed E-state index contributed by atoms with van der Waals surface area (Å²) in [5.41, 5.74) is -0.133. The minimum atomic E-state index is -0.995. The predicted octanol–water partition coefficient (Wildman–Crippen LogP) is 1.54. The summed E-state index contributed by atoms with van der Waals surface area (Å²) >= 11 is 3.13. The molecular formula is C13H13BrN2O5. The Kier molecular flexibility index (Phi) is 6.14. The molecule has 0 saturated carbocycles. The van der Waals surface area contributed by atoms with Crippen LogP contribution in [-0.4, -0.2) is 29.1 Å². The molecular weight excluding hydrogens is 344 g/mol. The molecule has 2 N–H and O–H groups in total. The van der Waals surface area contributed by atoms with Gasteiger partial charge < -0.3 is 15.2 Å². The Bertz CT molecular complexity index is 595. The van der Waals surface area contributed by atoms with E-state index < -0.39 is 23.5 Å². The summed E-state index contributed by atoms with van der Waals surface area (Å²) in [6.07, 6.45) is 4.00. The molecule has 0 fully saturated rings. The second-order valence-corrected chi connectivity index (χ2v) is 4.96. The molecule has 1 rings (SSSR count). The van der Waals surface area contributed by atoms with Crippen molar-refractivity contribution in [3.8, 4) is 18.1 Å². The van der Waals surface area contributed by atoms with Crippen LogP contribution >= 0.6 is 15.9 Å². The Balaban J connectivity index is 3.06. The highest BCUT2D eigenvalue weighted by Crippen LogP contribution is 2.37. The van der Waals surface area contributed by atoms with Crippen LogP contribution in [0.2, 0.25) is 0 Å². The van der Waals surface area contributed by atoms with Crippen molar-refractivity contribution in [2.24, 2.45) is 0 Å². The molecule has 0 radical (unpaired) electrons. The predicted molar refractivity (Wildman–Crippen MR) is 78.8 cm³/mol. The standard InChI is InChI=1S/C13H13BrN2O5/c1-3-4-15-12(18)7-21-13-10(8(2)17)5-9(14)6-11(13)16(19)20/h1,5-6,8,17H,4,7H2,2H3,(H,15,18). The summed E-state index contributed by atoms with van der Waals surface area (Å²) in [7, 11) is 0. The van der Waals surface area contributed by atoms with E-state index in [1.165, 1.54) is 19.1 Å². The van der Waals surface area contributed by atoms with Gasteiger partial charge in [-0.25, -0.2) is 0 Å². The van der Waals surface area contributed by atoms with Crippen LogP contribution in [0.5, 0.6) is 5.75 Å². The Morgan fingerprint density at radius 3 is 2.86 bits per heavy atom. The smallest absolute Gasteiger partial charge is 0.312 e. The van der Waals surface area contributed by atoms with Gasteiger partial charge in [0, 0.05) is 16.1 Å². The first-order valence-corrected chi connectivity index (χ1v) is 6.65. The van der Waals surface area contributed by atoms with Gasteiger partial charge in [0.25, 0.3) is 5.91 Å². The molecule has 0 saturated heterocycles. The third kappa shape index (κ3) is 4.73. The summed E-state index contributed by atoms with van der Waals surface area (Å²) in [5, 5.41) is 23.1. The van der Waals surface area contributed by atoms with Crippen LogP contribution < -0.4 is 10.1 Å². The number of benzene rings is 1. The quantitative estimate of drug-likeness (QED) is 0.457. The summed E-state index contributed by atoms with van der Waals surface area (Å²) in [6, 6.07) is 2.73. The first-order valence-electron chi connectivity index (χ1n) is 5.85. The molecule has 0 bridgehead atoms. The molecule has 0 spiro atoms. The lowest BCUT2D eigenvalue weighted by Crippen LogP contribution is -2.29. The maximum atomic E-state index is 11.4. The van der Waals surface area contributed by atoms with E-state index in [0.717, 1.165) is 0 Å². The first kappa shape index (κ1) is 16.9. The topological polar surface area (TPSA) is 102 Å². The lowest BCUT2D eigenvalue weighted by atomic mass is 10.1. The Labute approximate surface area is 129 Å². The summed E-state index contributed by atoms with van der Waals surface area (Å²) < 4.78 is 5.63. The van der Waals surface area contributed by atoms with Crippen LogP contribution in [0.4, 0.5) is 5.69 Å². The fourth-order valence-corrected chi connectivity index (χ4v) is 2.00. The number of nitrogens with zero attached hydrogens (tertiary/aromatic N) is 1. The van der Waals surface area contributed by atoms with Gasteiger partial charge in [-0.1, -0.05) is 21.9 Å². The summed E-state index contributed by atoms with van der Waals surface area (Å²) in [6.45, 7) is 1.04. The lowest BCUT2D eigenvalue weighted by molar-refractivity contribution is -0.386. The average molecular weight is 357 g/mol. The van der Waals surface area contributed by atoms with Gasteiger partial charge in [-0.2, -0.15) is 0 Å². The van der Waals surface area contributed by atoms with E-state index in [2.05, 4.69) is 27.2 Å². The van der Waals surface area contributed by atoms with E-state index in [1.54, 1.807) is 0 Å². The molecule has 112 valence electrons. The maximum absolute atomic E-state index is 11.4. The lowest BCUT2D eigenvalue weighted by Gasteiger charge is -2.14. The number of halogens is 1. The number of hydrogen-bond donors (Lipinski definition) is 2. The van der Waals surface area contributed by atoms with Crippen LogP contribution in [0.25, 0.3) is 0 Å². The molecule has 0 heterocycles. The first-order chi connectivity index (χ1) is 9.86. The minimum absolute atomic E-state index is 0.0356. The molecule has 0 aliphatic heterocycles. The number of aliphatic hydroxyl groups excluding tert-OH is 1. The van der Waals surface area contributed by atoms with Crippen molar-refractivity contribution in [3.63, 3.8) is 0 Å². The van der Waals surface area contributed by atoms with Crippen LogP contribution in [0.3, 0.4) is 0 Å². The number of amides is 1.